The molecular weight excluding hydrogens is 358 g/mol. The van der Waals surface area contributed by atoms with Gasteiger partial charge in [0.15, 0.2) is 5.11 Å². The molecule has 0 unspecified atom stereocenters. The molecule has 0 bridgehead atoms. The van der Waals surface area contributed by atoms with Gasteiger partial charge in [-0.15, -0.1) is 0 Å². The van der Waals surface area contributed by atoms with Crippen molar-refractivity contribution in [2.24, 2.45) is 0 Å². The fourth-order valence-corrected chi connectivity index (χ4v) is 3.32. The Labute approximate surface area is 165 Å². The molecule has 0 saturated carbocycles. The van der Waals surface area contributed by atoms with Crippen LogP contribution >= 0.6 is 12.2 Å². The molecule has 1 aromatic carbocycles. The number of nitrogens with one attached hydrogen (secondary N) is 3. The standard InChI is InChI=1S/C20H25N5OS/c1-13-5-6-15-10-16(11-21)19(25-18(15)14(13)2)22-7-8-23-20(27)24-12-17-4-3-9-26-17/h5-6,10,17H,3-4,7-9,12H2,1-2H3,(H,22,25)(H2,23,24,27)/t17-/m0/s1. The third-order valence-corrected chi connectivity index (χ3v) is 5.14. The van der Waals surface area contributed by atoms with Gasteiger partial charge in [0.25, 0.3) is 0 Å². The molecule has 142 valence electrons. The molecular formula is C20H25N5OS. The van der Waals surface area contributed by atoms with Crippen molar-refractivity contribution in [2.75, 3.05) is 31.6 Å². The molecule has 2 aromatic rings. The molecule has 1 saturated heterocycles. The third kappa shape index (κ3) is 4.85. The smallest absolute Gasteiger partial charge is 0.166 e. The fourth-order valence-electron chi connectivity index (χ4n) is 3.13. The van der Waals surface area contributed by atoms with Crippen LogP contribution in [-0.4, -0.2) is 42.4 Å². The van der Waals surface area contributed by atoms with E-state index < -0.39 is 0 Å². The number of hydrogen-bond donors (Lipinski definition) is 3. The zero-order chi connectivity index (χ0) is 19.2. The summed E-state index contributed by atoms with van der Waals surface area (Å²) >= 11 is 5.29. The summed E-state index contributed by atoms with van der Waals surface area (Å²) in [5.74, 6) is 0.610. The molecule has 1 aliphatic heterocycles. The number of nitriles is 1. The van der Waals surface area contributed by atoms with Gasteiger partial charge in [0.05, 0.1) is 17.2 Å². The first-order chi connectivity index (χ1) is 13.1. The summed E-state index contributed by atoms with van der Waals surface area (Å²) < 4.78 is 5.56. The Morgan fingerprint density at radius 2 is 2.19 bits per heavy atom. The van der Waals surface area contributed by atoms with Crippen LogP contribution in [0.25, 0.3) is 10.9 Å². The molecule has 0 aliphatic carbocycles. The Hall–Kier alpha value is -2.43. The molecule has 0 radical (unpaired) electrons. The van der Waals surface area contributed by atoms with Gasteiger partial charge in [0, 0.05) is 31.6 Å². The molecule has 1 atom stereocenters. The third-order valence-electron chi connectivity index (χ3n) is 4.85. The molecule has 6 nitrogen and oxygen atoms in total. The highest BCUT2D eigenvalue weighted by atomic mass is 32.1. The lowest BCUT2D eigenvalue weighted by Gasteiger charge is -2.15. The SMILES string of the molecule is Cc1ccc2cc(C#N)c(NCCNC(=S)NC[C@@H]3CCCO3)nc2c1C. The van der Waals surface area contributed by atoms with E-state index in [0.717, 1.165) is 42.5 Å². The summed E-state index contributed by atoms with van der Waals surface area (Å²) in [7, 11) is 0. The minimum Gasteiger partial charge on any atom is -0.376 e. The van der Waals surface area contributed by atoms with E-state index in [1.54, 1.807) is 0 Å². The topological polar surface area (TPSA) is 82.0 Å². The second-order valence-corrected chi connectivity index (χ2v) is 7.18. The maximum atomic E-state index is 9.43. The van der Waals surface area contributed by atoms with Crippen LogP contribution in [0.5, 0.6) is 0 Å². The average Bonchev–Trinajstić information content (AvgIpc) is 3.20. The van der Waals surface area contributed by atoms with Crippen LogP contribution in [0.15, 0.2) is 18.2 Å². The van der Waals surface area contributed by atoms with E-state index in [1.807, 2.05) is 12.1 Å². The molecule has 7 heteroatoms. The van der Waals surface area contributed by atoms with Crippen molar-refractivity contribution < 1.29 is 4.74 Å². The molecule has 1 aliphatic rings. The Balaban J connectivity index is 1.54. The first-order valence-corrected chi connectivity index (χ1v) is 9.67. The first-order valence-electron chi connectivity index (χ1n) is 9.26. The molecule has 3 N–H and O–H groups in total. The van der Waals surface area contributed by atoms with E-state index >= 15 is 0 Å². The summed E-state index contributed by atoms with van der Waals surface area (Å²) in [6.45, 7) is 6.95. The number of thiocarbonyl (C=S) groups is 1. The number of aromatic nitrogens is 1. The maximum absolute atomic E-state index is 9.43. The van der Waals surface area contributed by atoms with Crippen molar-refractivity contribution in [2.45, 2.75) is 32.8 Å². The van der Waals surface area contributed by atoms with Crippen LogP contribution in [0, 0.1) is 25.2 Å². The number of nitrogens with zero attached hydrogens (tertiary/aromatic N) is 2. The summed E-state index contributed by atoms with van der Waals surface area (Å²) in [5, 5.41) is 20.6. The van der Waals surface area contributed by atoms with Gasteiger partial charge < -0.3 is 20.7 Å². The van der Waals surface area contributed by atoms with Crippen molar-refractivity contribution in [3.05, 3.63) is 34.9 Å². The van der Waals surface area contributed by atoms with Gasteiger partial charge in [0.1, 0.15) is 11.9 Å². The second-order valence-electron chi connectivity index (χ2n) is 6.77. The monoisotopic (exact) mass is 383 g/mol. The van der Waals surface area contributed by atoms with Crippen molar-refractivity contribution in [1.82, 2.24) is 15.6 Å². The molecule has 1 fully saturated rings. The molecule has 27 heavy (non-hydrogen) atoms. The molecule has 1 aromatic heterocycles. The number of rotatable bonds is 6. The largest absolute Gasteiger partial charge is 0.376 e. The van der Waals surface area contributed by atoms with E-state index in [4.69, 9.17) is 17.0 Å². The molecule has 3 rings (SSSR count). The predicted octanol–water partition coefficient (Wildman–Crippen LogP) is 2.78. The van der Waals surface area contributed by atoms with Crippen molar-refractivity contribution >= 4 is 34.1 Å². The Bertz CT molecular complexity index is 871. The lowest BCUT2D eigenvalue weighted by atomic mass is 10.0. The van der Waals surface area contributed by atoms with Gasteiger partial charge in [-0.1, -0.05) is 12.1 Å². The van der Waals surface area contributed by atoms with Crippen LogP contribution < -0.4 is 16.0 Å². The number of ether oxygens (including phenoxy) is 1. The van der Waals surface area contributed by atoms with Crippen LogP contribution in [0.4, 0.5) is 5.82 Å². The van der Waals surface area contributed by atoms with Gasteiger partial charge in [-0.3, -0.25) is 0 Å². The van der Waals surface area contributed by atoms with Gasteiger partial charge >= 0.3 is 0 Å². The van der Waals surface area contributed by atoms with E-state index in [9.17, 15) is 5.26 Å². The Morgan fingerprint density at radius 1 is 1.33 bits per heavy atom. The van der Waals surface area contributed by atoms with Crippen molar-refractivity contribution in [3.63, 3.8) is 0 Å². The van der Waals surface area contributed by atoms with Crippen LogP contribution in [-0.2, 0) is 4.74 Å². The quantitative estimate of drug-likeness (QED) is 0.523. The highest BCUT2D eigenvalue weighted by molar-refractivity contribution is 7.80. The van der Waals surface area contributed by atoms with E-state index in [1.165, 1.54) is 5.56 Å². The van der Waals surface area contributed by atoms with Gasteiger partial charge in [-0.2, -0.15) is 5.26 Å². The zero-order valence-corrected chi connectivity index (χ0v) is 16.6. The molecule has 0 amide bonds. The Morgan fingerprint density at radius 3 is 2.93 bits per heavy atom. The van der Waals surface area contributed by atoms with Crippen molar-refractivity contribution in [1.29, 1.82) is 5.26 Å². The number of hydrogen-bond acceptors (Lipinski definition) is 5. The number of anilines is 1. The zero-order valence-electron chi connectivity index (χ0n) is 15.8. The minimum atomic E-state index is 0.259. The maximum Gasteiger partial charge on any atom is 0.166 e. The fraction of sp³-hybridized carbons (Fsp3) is 0.450. The van der Waals surface area contributed by atoms with Crippen LogP contribution in [0.2, 0.25) is 0 Å². The van der Waals surface area contributed by atoms with Gasteiger partial charge in [-0.05, 0) is 56.1 Å². The Kier molecular flexibility index (Phi) is 6.43. The average molecular weight is 384 g/mol. The highest BCUT2D eigenvalue weighted by Crippen LogP contribution is 2.24. The molecule has 0 spiro atoms. The van der Waals surface area contributed by atoms with E-state index in [2.05, 4.69) is 46.9 Å². The lowest BCUT2D eigenvalue weighted by molar-refractivity contribution is 0.114. The minimum absolute atomic E-state index is 0.259. The summed E-state index contributed by atoms with van der Waals surface area (Å²) in [5.41, 5.74) is 3.80. The lowest BCUT2D eigenvalue weighted by Crippen LogP contribution is -2.41. The normalized spacial score (nSPS) is 16.1. The predicted molar refractivity (Wildman–Crippen MR) is 112 cm³/mol. The van der Waals surface area contributed by atoms with Crippen molar-refractivity contribution in [3.8, 4) is 6.07 Å². The summed E-state index contributed by atoms with van der Waals surface area (Å²) in [6.07, 6.45) is 2.46. The first kappa shape index (κ1) is 19.3. The second kappa shape index (κ2) is 8.98. The molecule has 2 heterocycles. The number of pyridine rings is 1. The summed E-state index contributed by atoms with van der Waals surface area (Å²) in [4.78, 5) is 4.69. The number of aryl methyl sites for hydroxylation is 2. The van der Waals surface area contributed by atoms with Gasteiger partial charge in [0.2, 0.25) is 0 Å². The summed E-state index contributed by atoms with van der Waals surface area (Å²) in [6, 6.07) is 8.18. The highest BCUT2D eigenvalue weighted by Gasteiger charge is 2.15. The van der Waals surface area contributed by atoms with Crippen LogP contribution in [0.1, 0.15) is 29.5 Å². The number of fused-ring (bicyclic) bond motifs is 1. The van der Waals surface area contributed by atoms with Gasteiger partial charge in [-0.25, -0.2) is 4.98 Å². The number of benzene rings is 1. The van der Waals surface area contributed by atoms with E-state index in [-0.39, 0.29) is 6.10 Å². The van der Waals surface area contributed by atoms with Crippen LogP contribution in [0.3, 0.4) is 0 Å². The van der Waals surface area contributed by atoms with E-state index in [0.29, 0.717) is 29.6 Å².